The quantitative estimate of drug-likeness (QED) is 0.701. The normalized spacial score (nSPS) is 21.9. The SMILES string of the molecule is CC(C)C(=O)CCC1CCC(F)(F)CC1. The number of Topliss-reactive ketones (excluding diaryl/α,β-unsaturated/α-hetero) is 1. The Kier molecular flexibility index (Phi) is 4.23. The topological polar surface area (TPSA) is 17.1 Å². The Balaban J connectivity index is 2.22. The minimum absolute atomic E-state index is 0.00748. The van der Waals surface area contributed by atoms with Crippen LogP contribution in [0.15, 0.2) is 0 Å². The van der Waals surface area contributed by atoms with Crippen LogP contribution in [0.25, 0.3) is 0 Å². The number of ketones is 1. The van der Waals surface area contributed by atoms with Crippen molar-refractivity contribution in [1.29, 1.82) is 0 Å². The van der Waals surface area contributed by atoms with Gasteiger partial charge in [0.05, 0.1) is 0 Å². The number of hydrogen-bond donors (Lipinski definition) is 0. The molecule has 0 spiro atoms. The van der Waals surface area contributed by atoms with Gasteiger partial charge in [0.15, 0.2) is 0 Å². The fraction of sp³-hybridized carbons (Fsp3) is 0.917. The van der Waals surface area contributed by atoms with Gasteiger partial charge in [-0.2, -0.15) is 0 Å². The van der Waals surface area contributed by atoms with Gasteiger partial charge in [-0.1, -0.05) is 13.8 Å². The van der Waals surface area contributed by atoms with E-state index in [1.165, 1.54) is 0 Å². The molecule has 0 saturated heterocycles. The molecule has 1 aliphatic rings. The van der Waals surface area contributed by atoms with Gasteiger partial charge in [-0.15, -0.1) is 0 Å². The van der Waals surface area contributed by atoms with Gasteiger partial charge in [0, 0.05) is 25.2 Å². The standard InChI is InChI=1S/C12H20F2O/c1-9(2)11(15)4-3-10-5-7-12(13,14)8-6-10/h9-10H,3-8H2,1-2H3. The zero-order chi connectivity index (χ0) is 11.5. The maximum absolute atomic E-state index is 12.8. The van der Waals surface area contributed by atoms with E-state index in [4.69, 9.17) is 0 Å². The van der Waals surface area contributed by atoms with Crippen molar-refractivity contribution in [1.82, 2.24) is 0 Å². The lowest BCUT2D eigenvalue weighted by Gasteiger charge is -2.28. The first-order valence-electron chi connectivity index (χ1n) is 5.81. The predicted octanol–water partition coefficient (Wildman–Crippen LogP) is 3.82. The highest BCUT2D eigenvalue weighted by molar-refractivity contribution is 5.80. The van der Waals surface area contributed by atoms with E-state index in [-0.39, 0.29) is 24.5 Å². The van der Waals surface area contributed by atoms with E-state index in [1.54, 1.807) is 0 Å². The summed E-state index contributed by atoms with van der Waals surface area (Å²) in [6.07, 6.45) is 2.54. The number of hydrogen-bond acceptors (Lipinski definition) is 1. The summed E-state index contributed by atoms with van der Waals surface area (Å²) in [5, 5.41) is 0. The van der Waals surface area contributed by atoms with Crippen LogP contribution in [0, 0.1) is 11.8 Å². The number of rotatable bonds is 4. The van der Waals surface area contributed by atoms with Gasteiger partial charge in [-0.05, 0) is 25.2 Å². The summed E-state index contributed by atoms with van der Waals surface area (Å²) >= 11 is 0. The van der Waals surface area contributed by atoms with E-state index in [1.807, 2.05) is 13.8 Å². The fourth-order valence-electron chi connectivity index (χ4n) is 2.02. The molecule has 1 rings (SSSR count). The summed E-state index contributed by atoms with van der Waals surface area (Å²) in [7, 11) is 0. The number of alkyl halides is 2. The Morgan fingerprint density at radius 3 is 2.33 bits per heavy atom. The van der Waals surface area contributed by atoms with Gasteiger partial charge >= 0.3 is 0 Å². The summed E-state index contributed by atoms with van der Waals surface area (Å²) in [6, 6.07) is 0. The van der Waals surface area contributed by atoms with Gasteiger partial charge in [-0.25, -0.2) is 8.78 Å². The molecule has 0 N–H and O–H groups in total. The summed E-state index contributed by atoms with van der Waals surface area (Å²) in [6.45, 7) is 3.77. The second-order valence-corrected chi connectivity index (χ2v) is 4.96. The van der Waals surface area contributed by atoms with Crippen molar-refractivity contribution in [3.63, 3.8) is 0 Å². The maximum atomic E-state index is 12.8. The van der Waals surface area contributed by atoms with Crippen molar-refractivity contribution in [2.24, 2.45) is 11.8 Å². The Labute approximate surface area is 90.2 Å². The first kappa shape index (κ1) is 12.6. The summed E-state index contributed by atoms with van der Waals surface area (Å²) in [4.78, 5) is 11.4. The maximum Gasteiger partial charge on any atom is 0.248 e. The smallest absolute Gasteiger partial charge is 0.248 e. The van der Waals surface area contributed by atoms with Crippen molar-refractivity contribution in [2.45, 2.75) is 58.3 Å². The average molecular weight is 218 g/mol. The van der Waals surface area contributed by atoms with Crippen LogP contribution in [0.3, 0.4) is 0 Å². The lowest BCUT2D eigenvalue weighted by Crippen LogP contribution is -2.25. The molecule has 0 amide bonds. The van der Waals surface area contributed by atoms with Gasteiger partial charge in [0.1, 0.15) is 5.78 Å². The van der Waals surface area contributed by atoms with Crippen molar-refractivity contribution >= 4 is 5.78 Å². The molecule has 0 unspecified atom stereocenters. The number of carbonyl (C=O) groups excluding carboxylic acids is 1. The molecule has 3 heteroatoms. The average Bonchev–Trinajstić information content (AvgIpc) is 2.15. The Hall–Kier alpha value is -0.470. The van der Waals surface area contributed by atoms with Crippen LogP contribution >= 0.6 is 0 Å². The van der Waals surface area contributed by atoms with E-state index in [2.05, 4.69) is 0 Å². The first-order valence-corrected chi connectivity index (χ1v) is 5.81. The molecular weight excluding hydrogens is 198 g/mol. The molecule has 0 aliphatic heterocycles. The molecule has 0 bridgehead atoms. The lowest BCUT2D eigenvalue weighted by atomic mass is 9.83. The third-order valence-corrected chi connectivity index (χ3v) is 3.28. The Bertz CT molecular complexity index is 214. The summed E-state index contributed by atoms with van der Waals surface area (Å²) in [5.74, 6) is -1.77. The van der Waals surface area contributed by atoms with E-state index < -0.39 is 5.92 Å². The fourth-order valence-corrected chi connectivity index (χ4v) is 2.02. The third kappa shape index (κ3) is 4.27. The van der Waals surface area contributed by atoms with Crippen LogP contribution in [-0.4, -0.2) is 11.7 Å². The van der Waals surface area contributed by atoms with Crippen molar-refractivity contribution in [2.75, 3.05) is 0 Å². The van der Waals surface area contributed by atoms with Gasteiger partial charge in [-0.3, -0.25) is 4.79 Å². The van der Waals surface area contributed by atoms with E-state index in [0.717, 1.165) is 6.42 Å². The molecule has 88 valence electrons. The Morgan fingerprint density at radius 2 is 1.87 bits per heavy atom. The highest BCUT2D eigenvalue weighted by Crippen LogP contribution is 2.37. The minimum atomic E-state index is -2.45. The number of halogens is 2. The van der Waals surface area contributed by atoms with E-state index >= 15 is 0 Å². The van der Waals surface area contributed by atoms with Crippen LogP contribution in [0.2, 0.25) is 0 Å². The van der Waals surface area contributed by atoms with Crippen molar-refractivity contribution < 1.29 is 13.6 Å². The van der Waals surface area contributed by atoms with Crippen molar-refractivity contribution in [3.8, 4) is 0 Å². The molecule has 0 radical (unpaired) electrons. The zero-order valence-electron chi connectivity index (χ0n) is 9.56. The molecule has 1 fully saturated rings. The molecule has 1 nitrogen and oxygen atoms in total. The summed E-state index contributed by atoms with van der Waals surface area (Å²) in [5.41, 5.74) is 0. The predicted molar refractivity (Wildman–Crippen MR) is 56.0 cm³/mol. The molecular formula is C12H20F2O. The Morgan fingerprint density at radius 1 is 1.33 bits per heavy atom. The third-order valence-electron chi connectivity index (χ3n) is 3.28. The molecule has 0 aromatic carbocycles. The van der Waals surface area contributed by atoms with Gasteiger partial charge in [0.25, 0.3) is 0 Å². The molecule has 15 heavy (non-hydrogen) atoms. The highest BCUT2D eigenvalue weighted by atomic mass is 19.3. The van der Waals surface area contributed by atoms with Gasteiger partial charge < -0.3 is 0 Å². The van der Waals surface area contributed by atoms with Crippen LogP contribution in [0.5, 0.6) is 0 Å². The monoisotopic (exact) mass is 218 g/mol. The van der Waals surface area contributed by atoms with Crippen LogP contribution in [-0.2, 0) is 4.79 Å². The minimum Gasteiger partial charge on any atom is -0.299 e. The van der Waals surface area contributed by atoms with Crippen LogP contribution in [0.1, 0.15) is 52.4 Å². The molecule has 0 aromatic rings. The second-order valence-electron chi connectivity index (χ2n) is 4.96. The van der Waals surface area contributed by atoms with E-state index in [9.17, 15) is 13.6 Å². The highest BCUT2D eigenvalue weighted by Gasteiger charge is 2.34. The molecule has 1 saturated carbocycles. The largest absolute Gasteiger partial charge is 0.299 e. The lowest BCUT2D eigenvalue weighted by molar-refractivity contribution is -0.122. The van der Waals surface area contributed by atoms with Gasteiger partial charge in [0.2, 0.25) is 5.92 Å². The van der Waals surface area contributed by atoms with Crippen LogP contribution < -0.4 is 0 Å². The van der Waals surface area contributed by atoms with Crippen LogP contribution in [0.4, 0.5) is 8.78 Å². The van der Waals surface area contributed by atoms with Crippen molar-refractivity contribution in [3.05, 3.63) is 0 Å². The second kappa shape index (κ2) is 5.04. The summed E-state index contributed by atoms with van der Waals surface area (Å²) < 4.78 is 25.7. The molecule has 1 aliphatic carbocycles. The molecule has 0 heterocycles. The zero-order valence-corrected chi connectivity index (χ0v) is 9.56. The molecule has 0 atom stereocenters. The van der Waals surface area contributed by atoms with E-state index in [0.29, 0.717) is 25.2 Å². The number of carbonyl (C=O) groups is 1. The first-order chi connectivity index (χ1) is 6.91. The molecule has 0 aromatic heterocycles.